The average molecular weight is 439 g/mol. The van der Waals surface area contributed by atoms with Gasteiger partial charge in [-0.3, -0.25) is 4.99 Å². The zero-order chi connectivity index (χ0) is 15.3. The highest BCUT2D eigenvalue weighted by molar-refractivity contribution is 14.0. The minimum absolute atomic E-state index is 0. The molecule has 0 atom stereocenters. The Bertz CT molecular complexity index is 491. The fourth-order valence-electron chi connectivity index (χ4n) is 2.41. The molecule has 0 saturated carbocycles. The number of thioether (sulfide) groups is 1. The summed E-state index contributed by atoms with van der Waals surface area (Å²) in [7, 11) is 1.85. The average Bonchev–Trinajstić information content (AvgIpc) is 2.83. The summed E-state index contributed by atoms with van der Waals surface area (Å²) < 4.78 is 5.40. The highest BCUT2D eigenvalue weighted by Gasteiger charge is 2.28. The molecule has 6 nitrogen and oxygen atoms in total. The van der Waals surface area contributed by atoms with Crippen molar-refractivity contribution >= 4 is 41.7 Å². The maximum absolute atomic E-state index is 5.11. The van der Waals surface area contributed by atoms with Gasteiger partial charge in [-0.05, 0) is 27.2 Å². The molecule has 0 bridgehead atoms. The molecule has 1 N–H and O–H groups in total. The van der Waals surface area contributed by atoms with Gasteiger partial charge < -0.3 is 14.7 Å². The maximum atomic E-state index is 5.11. The Kier molecular flexibility index (Phi) is 7.95. The Hall–Kier alpha value is -0.510. The van der Waals surface area contributed by atoms with Crippen molar-refractivity contribution < 1.29 is 4.52 Å². The summed E-state index contributed by atoms with van der Waals surface area (Å²) in [6.07, 6.45) is 1.75. The highest BCUT2D eigenvalue weighted by Crippen LogP contribution is 2.29. The van der Waals surface area contributed by atoms with Gasteiger partial charge in [0.15, 0.2) is 11.8 Å². The number of rotatable bonds is 4. The molecule has 0 amide bonds. The van der Waals surface area contributed by atoms with E-state index < -0.39 is 0 Å². The van der Waals surface area contributed by atoms with Crippen LogP contribution in [0.25, 0.3) is 0 Å². The summed E-state index contributed by atoms with van der Waals surface area (Å²) in [5, 5.41) is 7.23. The molecule has 1 aliphatic heterocycles. The van der Waals surface area contributed by atoms with Crippen molar-refractivity contribution in [2.45, 2.75) is 38.4 Å². The lowest BCUT2D eigenvalue weighted by Gasteiger charge is -2.39. The van der Waals surface area contributed by atoms with E-state index in [2.05, 4.69) is 39.2 Å². The molecule has 2 rings (SSSR count). The SMILES string of the molecule is CN=C(NCCCc1nc(C)no1)N1CCSC(C)(C)C1.I. The molecule has 2 heterocycles. The van der Waals surface area contributed by atoms with Gasteiger partial charge in [-0.25, -0.2) is 0 Å². The van der Waals surface area contributed by atoms with Crippen LogP contribution in [0.4, 0.5) is 0 Å². The second kappa shape index (κ2) is 8.95. The normalized spacial score (nSPS) is 18.0. The van der Waals surface area contributed by atoms with Gasteiger partial charge in [-0.1, -0.05) is 5.16 Å². The predicted octanol–water partition coefficient (Wildman–Crippen LogP) is 2.33. The standard InChI is InChI=1S/C14H25N5OS.HI/c1-11-17-12(20-18-11)6-5-7-16-13(15-4)19-8-9-21-14(2,3)10-19;/h5-10H2,1-4H3,(H,15,16);1H. The Labute approximate surface area is 153 Å². The van der Waals surface area contributed by atoms with Gasteiger partial charge in [0.25, 0.3) is 0 Å². The van der Waals surface area contributed by atoms with Crippen molar-refractivity contribution in [1.29, 1.82) is 0 Å². The number of hydrogen-bond donors (Lipinski definition) is 1. The third-order valence-corrected chi connectivity index (χ3v) is 4.65. The zero-order valence-electron chi connectivity index (χ0n) is 13.8. The first-order chi connectivity index (χ1) is 10.00. The van der Waals surface area contributed by atoms with Gasteiger partial charge >= 0.3 is 0 Å². The molecule has 0 spiro atoms. The number of nitrogens with one attached hydrogen (secondary N) is 1. The number of aliphatic imine (C=N–C) groups is 1. The van der Waals surface area contributed by atoms with Gasteiger partial charge in [0.1, 0.15) is 0 Å². The lowest BCUT2D eigenvalue weighted by Crippen LogP contribution is -2.51. The van der Waals surface area contributed by atoms with Crippen LogP contribution in [-0.2, 0) is 6.42 Å². The lowest BCUT2D eigenvalue weighted by molar-refractivity contribution is 0.367. The first-order valence-electron chi connectivity index (χ1n) is 7.39. The van der Waals surface area contributed by atoms with Gasteiger partial charge in [0.05, 0.1) is 0 Å². The minimum atomic E-state index is 0. The molecule has 22 heavy (non-hydrogen) atoms. The Balaban J connectivity index is 0.00000242. The fraction of sp³-hybridized carbons (Fsp3) is 0.786. The van der Waals surface area contributed by atoms with Crippen LogP contribution < -0.4 is 5.32 Å². The van der Waals surface area contributed by atoms with Gasteiger partial charge in [0, 0.05) is 43.6 Å². The maximum Gasteiger partial charge on any atom is 0.226 e. The van der Waals surface area contributed by atoms with Crippen molar-refractivity contribution in [2.75, 3.05) is 32.4 Å². The van der Waals surface area contributed by atoms with Gasteiger partial charge in [-0.2, -0.15) is 16.7 Å². The van der Waals surface area contributed by atoms with Crippen LogP contribution >= 0.6 is 35.7 Å². The Morgan fingerprint density at radius 1 is 1.50 bits per heavy atom. The number of guanidine groups is 1. The molecule has 1 aromatic heterocycles. The minimum Gasteiger partial charge on any atom is -0.356 e. The molecule has 1 saturated heterocycles. The summed E-state index contributed by atoms with van der Waals surface area (Å²) in [6.45, 7) is 9.35. The van der Waals surface area contributed by atoms with E-state index in [-0.39, 0.29) is 28.7 Å². The van der Waals surface area contributed by atoms with E-state index in [1.807, 2.05) is 25.7 Å². The number of aromatic nitrogens is 2. The molecule has 1 fully saturated rings. The third kappa shape index (κ3) is 5.94. The topological polar surface area (TPSA) is 66.5 Å². The molecule has 126 valence electrons. The highest BCUT2D eigenvalue weighted by atomic mass is 127. The zero-order valence-corrected chi connectivity index (χ0v) is 16.9. The van der Waals surface area contributed by atoms with Crippen molar-refractivity contribution in [2.24, 2.45) is 4.99 Å². The summed E-state index contributed by atoms with van der Waals surface area (Å²) >= 11 is 2.03. The Morgan fingerprint density at radius 2 is 2.27 bits per heavy atom. The molecule has 0 unspecified atom stereocenters. The molecular weight excluding hydrogens is 413 g/mol. The van der Waals surface area contributed by atoms with Crippen LogP contribution in [0.1, 0.15) is 32.0 Å². The second-order valence-electron chi connectivity index (χ2n) is 5.84. The van der Waals surface area contributed by atoms with Crippen molar-refractivity contribution in [3.05, 3.63) is 11.7 Å². The summed E-state index contributed by atoms with van der Waals surface area (Å²) in [6, 6.07) is 0. The van der Waals surface area contributed by atoms with Crippen molar-refractivity contribution in [1.82, 2.24) is 20.4 Å². The van der Waals surface area contributed by atoms with E-state index >= 15 is 0 Å². The summed E-state index contributed by atoms with van der Waals surface area (Å²) in [5.41, 5.74) is 0. The largest absolute Gasteiger partial charge is 0.356 e. The van der Waals surface area contributed by atoms with Crippen LogP contribution in [0.2, 0.25) is 0 Å². The number of hydrogen-bond acceptors (Lipinski definition) is 5. The van der Waals surface area contributed by atoms with Crippen LogP contribution in [0.15, 0.2) is 9.52 Å². The van der Waals surface area contributed by atoms with Crippen LogP contribution in [0, 0.1) is 6.92 Å². The van der Waals surface area contributed by atoms with Crippen LogP contribution in [-0.4, -0.2) is 58.2 Å². The molecule has 0 aliphatic carbocycles. The quantitative estimate of drug-likeness (QED) is 0.336. The third-order valence-electron chi connectivity index (χ3n) is 3.36. The van der Waals surface area contributed by atoms with E-state index in [9.17, 15) is 0 Å². The molecular formula is C14H26IN5OS. The number of halogens is 1. The van der Waals surface area contributed by atoms with Crippen molar-refractivity contribution in [3.63, 3.8) is 0 Å². The fourth-order valence-corrected chi connectivity index (χ4v) is 3.52. The molecule has 1 aliphatic rings. The van der Waals surface area contributed by atoms with E-state index in [0.717, 1.165) is 44.2 Å². The monoisotopic (exact) mass is 439 g/mol. The molecule has 0 radical (unpaired) electrons. The number of aryl methyl sites for hydroxylation is 2. The van der Waals surface area contributed by atoms with Crippen LogP contribution in [0.5, 0.6) is 0 Å². The molecule has 8 heteroatoms. The summed E-state index contributed by atoms with van der Waals surface area (Å²) in [4.78, 5) is 10.9. The summed E-state index contributed by atoms with van der Waals surface area (Å²) in [5.74, 6) is 3.54. The van der Waals surface area contributed by atoms with E-state index in [1.54, 1.807) is 0 Å². The predicted molar refractivity (Wildman–Crippen MR) is 102 cm³/mol. The lowest BCUT2D eigenvalue weighted by atomic mass is 10.2. The second-order valence-corrected chi connectivity index (χ2v) is 7.64. The van der Waals surface area contributed by atoms with E-state index in [0.29, 0.717) is 11.7 Å². The first-order valence-corrected chi connectivity index (χ1v) is 8.37. The van der Waals surface area contributed by atoms with Gasteiger partial charge in [0.2, 0.25) is 5.89 Å². The van der Waals surface area contributed by atoms with E-state index in [1.165, 1.54) is 0 Å². The Morgan fingerprint density at radius 3 is 2.86 bits per heavy atom. The first kappa shape index (κ1) is 19.5. The number of nitrogens with zero attached hydrogens (tertiary/aromatic N) is 4. The van der Waals surface area contributed by atoms with Crippen molar-refractivity contribution in [3.8, 4) is 0 Å². The molecule has 1 aromatic rings. The van der Waals surface area contributed by atoms with Gasteiger partial charge in [-0.15, -0.1) is 24.0 Å². The molecule has 0 aromatic carbocycles. The van der Waals surface area contributed by atoms with E-state index in [4.69, 9.17) is 4.52 Å². The smallest absolute Gasteiger partial charge is 0.226 e. The van der Waals surface area contributed by atoms with Crippen LogP contribution in [0.3, 0.4) is 0 Å².